The van der Waals surface area contributed by atoms with Gasteiger partial charge in [-0.3, -0.25) is 0 Å². The molecule has 128 valence electrons. The van der Waals surface area contributed by atoms with E-state index in [1.165, 1.54) is 0 Å². The van der Waals surface area contributed by atoms with Crippen LogP contribution in [0.3, 0.4) is 0 Å². The van der Waals surface area contributed by atoms with Crippen LogP contribution < -0.4 is 0 Å². The van der Waals surface area contributed by atoms with Gasteiger partial charge in [0.05, 0.1) is 23.2 Å². The molecule has 24 heavy (non-hydrogen) atoms. The van der Waals surface area contributed by atoms with Crippen molar-refractivity contribution in [2.45, 2.75) is 50.8 Å². The highest BCUT2D eigenvalue weighted by Gasteiger charge is 2.47. The van der Waals surface area contributed by atoms with Crippen molar-refractivity contribution in [2.24, 2.45) is 0 Å². The van der Waals surface area contributed by atoms with Crippen LogP contribution in [0.1, 0.15) is 41.3 Å². The first-order valence-corrected chi connectivity index (χ1v) is 9.58. The van der Waals surface area contributed by atoms with Gasteiger partial charge in [-0.25, -0.2) is 0 Å². The van der Waals surface area contributed by atoms with E-state index in [4.69, 9.17) is 32.7 Å². The molecular weight excluding hydrogens is 367 g/mol. The summed E-state index contributed by atoms with van der Waals surface area (Å²) < 4.78 is 12.9. The van der Waals surface area contributed by atoms with Crippen LogP contribution in [-0.4, -0.2) is 17.3 Å². The molecule has 3 atom stereocenters. The lowest BCUT2D eigenvalue weighted by Crippen LogP contribution is -2.43. The average Bonchev–Trinajstić information content (AvgIpc) is 3.04. The number of thiophene rings is 1. The number of ether oxygens (including phenoxy) is 2. The minimum atomic E-state index is -0.848. The van der Waals surface area contributed by atoms with Crippen LogP contribution >= 0.6 is 34.5 Å². The Kier molecular flexibility index (Phi) is 4.40. The second-order valence-electron chi connectivity index (χ2n) is 6.55. The van der Waals surface area contributed by atoms with E-state index in [1.54, 1.807) is 11.3 Å². The van der Waals surface area contributed by atoms with Crippen molar-refractivity contribution < 1.29 is 14.6 Å². The Balaban J connectivity index is 1.71. The number of aliphatic hydroxyl groups excluding tert-OH is 1. The Morgan fingerprint density at radius 1 is 1.33 bits per heavy atom. The molecule has 1 N–H and O–H groups in total. The summed E-state index contributed by atoms with van der Waals surface area (Å²) in [7, 11) is 0. The van der Waals surface area contributed by atoms with Crippen LogP contribution in [0, 0.1) is 0 Å². The van der Waals surface area contributed by atoms with Gasteiger partial charge in [-0.05, 0) is 48.7 Å². The van der Waals surface area contributed by atoms with Crippen molar-refractivity contribution in [1.82, 2.24) is 0 Å². The normalized spacial score (nSPS) is 29.2. The third-order valence-corrected chi connectivity index (χ3v) is 6.22. The van der Waals surface area contributed by atoms with Crippen molar-refractivity contribution in [1.29, 1.82) is 0 Å². The van der Waals surface area contributed by atoms with Gasteiger partial charge in [0.25, 0.3) is 0 Å². The molecule has 3 heterocycles. The van der Waals surface area contributed by atoms with Crippen molar-refractivity contribution >= 4 is 34.5 Å². The molecule has 1 saturated heterocycles. The van der Waals surface area contributed by atoms with Gasteiger partial charge in [0.2, 0.25) is 0 Å². The minimum absolute atomic E-state index is 0.0464. The fraction of sp³-hybridized carbons (Fsp3) is 0.444. The molecule has 6 heteroatoms. The van der Waals surface area contributed by atoms with E-state index >= 15 is 0 Å². The monoisotopic (exact) mass is 384 g/mol. The highest BCUT2D eigenvalue weighted by molar-refractivity contribution is 7.16. The second kappa shape index (κ2) is 6.27. The summed E-state index contributed by atoms with van der Waals surface area (Å²) in [6.07, 6.45) is 1.34. The molecule has 0 bridgehead atoms. The van der Waals surface area contributed by atoms with Crippen molar-refractivity contribution in [3.05, 3.63) is 55.2 Å². The molecule has 3 nitrogen and oxygen atoms in total. The predicted molar refractivity (Wildman–Crippen MR) is 95.8 cm³/mol. The Morgan fingerprint density at radius 2 is 2.17 bits per heavy atom. The lowest BCUT2D eigenvalue weighted by molar-refractivity contribution is -0.295. The summed E-state index contributed by atoms with van der Waals surface area (Å²) in [6.45, 7) is 2.43. The SMILES string of the molecule is CC1CC(O)C[C@@]2(OCc3cc(Cl)c(Cc4ccc(Cl)s4)cc32)O1. The maximum absolute atomic E-state index is 10.2. The Bertz CT molecular complexity index is 764. The quantitative estimate of drug-likeness (QED) is 0.800. The van der Waals surface area contributed by atoms with E-state index in [0.29, 0.717) is 19.4 Å². The van der Waals surface area contributed by atoms with Crippen molar-refractivity contribution in [3.63, 3.8) is 0 Å². The van der Waals surface area contributed by atoms with Gasteiger partial charge >= 0.3 is 0 Å². The zero-order valence-corrected chi connectivity index (χ0v) is 15.5. The largest absolute Gasteiger partial charge is 0.393 e. The number of halogens is 2. The maximum atomic E-state index is 10.2. The van der Waals surface area contributed by atoms with Gasteiger partial charge < -0.3 is 14.6 Å². The Morgan fingerprint density at radius 3 is 2.88 bits per heavy atom. The van der Waals surface area contributed by atoms with E-state index in [0.717, 1.165) is 37.3 Å². The standard InChI is InChI=1S/C18H18Cl2O3S/c1-10-4-13(21)8-18(23-10)15-6-11(5-14-2-3-17(20)24-14)16(19)7-12(15)9-22-18/h2-3,6-7,10,13,21H,4-5,8-9H2,1H3/t10?,13?,18-/m1/s1. The molecule has 1 spiro atoms. The third kappa shape index (κ3) is 3.00. The topological polar surface area (TPSA) is 38.7 Å². The summed E-state index contributed by atoms with van der Waals surface area (Å²) in [5, 5.41) is 10.9. The van der Waals surface area contributed by atoms with Gasteiger partial charge in [-0.1, -0.05) is 23.2 Å². The molecule has 2 aromatic rings. The first-order chi connectivity index (χ1) is 11.4. The maximum Gasteiger partial charge on any atom is 0.198 e. The molecule has 1 aromatic heterocycles. The molecule has 2 unspecified atom stereocenters. The molecule has 0 amide bonds. The predicted octanol–water partition coefficient (Wildman–Crippen LogP) is 4.89. The van der Waals surface area contributed by atoms with Crippen LogP contribution in [0.2, 0.25) is 9.36 Å². The highest BCUT2D eigenvalue weighted by Crippen LogP contribution is 2.47. The van der Waals surface area contributed by atoms with E-state index in [2.05, 4.69) is 6.07 Å². The van der Waals surface area contributed by atoms with Crippen LogP contribution in [-0.2, 0) is 28.3 Å². The summed E-state index contributed by atoms with van der Waals surface area (Å²) in [5.41, 5.74) is 3.06. The lowest BCUT2D eigenvalue weighted by Gasteiger charge is -2.39. The number of aliphatic hydroxyl groups is 1. The minimum Gasteiger partial charge on any atom is -0.393 e. The molecule has 2 aliphatic rings. The Labute approximate surface area is 155 Å². The first kappa shape index (κ1) is 16.8. The number of hydrogen-bond donors (Lipinski definition) is 1. The number of fused-ring (bicyclic) bond motifs is 2. The molecule has 1 aromatic carbocycles. The summed E-state index contributed by atoms with van der Waals surface area (Å²) in [5.74, 6) is -0.848. The molecule has 4 rings (SSSR count). The molecule has 0 saturated carbocycles. The van der Waals surface area contributed by atoms with Gasteiger partial charge in [-0.2, -0.15) is 0 Å². The van der Waals surface area contributed by atoms with Crippen LogP contribution in [0.25, 0.3) is 0 Å². The highest BCUT2D eigenvalue weighted by atomic mass is 35.5. The second-order valence-corrected chi connectivity index (χ2v) is 8.75. The van der Waals surface area contributed by atoms with Crippen LogP contribution in [0.4, 0.5) is 0 Å². The number of rotatable bonds is 2. The first-order valence-electron chi connectivity index (χ1n) is 8.01. The Hall–Kier alpha value is -0.620. The summed E-state index contributed by atoms with van der Waals surface area (Å²) in [4.78, 5) is 1.16. The van der Waals surface area contributed by atoms with E-state index in [9.17, 15) is 5.11 Å². The zero-order chi connectivity index (χ0) is 16.9. The van der Waals surface area contributed by atoms with Gasteiger partial charge in [0.15, 0.2) is 5.79 Å². The fourth-order valence-corrected chi connectivity index (χ4v) is 5.00. The smallest absolute Gasteiger partial charge is 0.198 e. The summed E-state index contributed by atoms with van der Waals surface area (Å²) in [6, 6.07) is 7.95. The number of hydrogen-bond acceptors (Lipinski definition) is 4. The lowest BCUT2D eigenvalue weighted by atomic mass is 9.90. The van der Waals surface area contributed by atoms with Gasteiger partial charge in [0.1, 0.15) is 0 Å². The summed E-state index contributed by atoms with van der Waals surface area (Å²) >= 11 is 14.1. The molecule has 2 aliphatic heterocycles. The van der Waals surface area contributed by atoms with Gasteiger partial charge in [0, 0.05) is 28.3 Å². The average molecular weight is 385 g/mol. The van der Waals surface area contributed by atoms with E-state index in [1.807, 2.05) is 25.1 Å². The van der Waals surface area contributed by atoms with Crippen molar-refractivity contribution in [2.75, 3.05) is 0 Å². The molecule has 1 fully saturated rings. The van der Waals surface area contributed by atoms with E-state index in [-0.39, 0.29) is 6.10 Å². The van der Waals surface area contributed by atoms with Gasteiger partial charge in [-0.15, -0.1) is 11.3 Å². The van der Waals surface area contributed by atoms with Crippen molar-refractivity contribution in [3.8, 4) is 0 Å². The van der Waals surface area contributed by atoms with E-state index < -0.39 is 11.9 Å². The number of benzene rings is 1. The zero-order valence-electron chi connectivity index (χ0n) is 13.2. The van der Waals surface area contributed by atoms with Crippen LogP contribution in [0.5, 0.6) is 0 Å². The molecule has 0 aliphatic carbocycles. The molecule has 0 radical (unpaired) electrons. The third-order valence-electron chi connectivity index (χ3n) is 4.64. The molecular formula is C18H18Cl2O3S. The van der Waals surface area contributed by atoms with Crippen LogP contribution in [0.15, 0.2) is 24.3 Å². The fourth-order valence-electron chi connectivity index (χ4n) is 3.64.